The van der Waals surface area contributed by atoms with Crippen molar-refractivity contribution in [3.8, 4) is 0 Å². The highest BCUT2D eigenvalue weighted by Gasteiger charge is 2.29. The Morgan fingerprint density at radius 1 is 1.38 bits per heavy atom. The second-order valence-electron chi connectivity index (χ2n) is 4.23. The van der Waals surface area contributed by atoms with Crippen molar-refractivity contribution in [1.82, 2.24) is 5.32 Å². The summed E-state index contributed by atoms with van der Waals surface area (Å²) in [5.41, 5.74) is -0.657. The molecule has 16 heavy (non-hydrogen) atoms. The van der Waals surface area contributed by atoms with E-state index < -0.39 is 11.5 Å². The molecule has 0 saturated heterocycles. The lowest BCUT2D eigenvalue weighted by molar-refractivity contribution is -0.151. The molecule has 0 aromatic heterocycles. The Hall–Kier alpha value is -1.10. The van der Waals surface area contributed by atoms with Crippen LogP contribution in [-0.2, 0) is 19.1 Å². The second kappa shape index (κ2) is 6.48. The van der Waals surface area contributed by atoms with E-state index >= 15 is 0 Å². The molecular weight excluding hydrogens is 210 g/mol. The van der Waals surface area contributed by atoms with Gasteiger partial charge in [-0.2, -0.15) is 0 Å². The molecule has 0 amide bonds. The van der Waals surface area contributed by atoms with Crippen LogP contribution in [-0.4, -0.2) is 38.2 Å². The van der Waals surface area contributed by atoms with Gasteiger partial charge in [0.1, 0.15) is 6.04 Å². The lowest BCUT2D eigenvalue weighted by Crippen LogP contribution is -2.44. The molecule has 0 aliphatic rings. The van der Waals surface area contributed by atoms with Crippen molar-refractivity contribution < 1.29 is 19.1 Å². The molecule has 0 aliphatic carbocycles. The highest BCUT2D eigenvalue weighted by molar-refractivity contribution is 5.77. The zero-order valence-corrected chi connectivity index (χ0v) is 10.6. The first-order chi connectivity index (χ1) is 7.35. The molecule has 0 bridgehead atoms. The van der Waals surface area contributed by atoms with E-state index in [4.69, 9.17) is 4.74 Å². The van der Waals surface area contributed by atoms with Crippen LogP contribution in [0, 0.1) is 5.41 Å². The molecule has 0 fully saturated rings. The van der Waals surface area contributed by atoms with Crippen LogP contribution in [0.25, 0.3) is 0 Å². The highest BCUT2D eigenvalue weighted by Crippen LogP contribution is 2.15. The minimum absolute atomic E-state index is 0.309. The summed E-state index contributed by atoms with van der Waals surface area (Å²) in [4.78, 5) is 22.7. The normalized spacial score (nSPS) is 13.1. The maximum Gasteiger partial charge on any atom is 0.322 e. The van der Waals surface area contributed by atoms with Crippen LogP contribution in [0.1, 0.15) is 27.7 Å². The first-order valence-electron chi connectivity index (χ1n) is 5.33. The summed E-state index contributed by atoms with van der Waals surface area (Å²) in [6, 6.07) is -0.427. The van der Waals surface area contributed by atoms with Crippen molar-refractivity contribution in [3.63, 3.8) is 0 Å². The van der Waals surface area contributed by atoms with Gasteiger partial charge in [0.2, 0.25) is 0 Å². The van der Waals surface area contributed by atoms with Crippen molar-refractivity contribution in [2.75, 3.05) is 20.3 Å². The summed E-state index contributed by atoms with van der Waals surface area (Å²) in [7, 11) is 1.35. The minimum Gasteiger partial charge on any atom is -0.469 e. The predicted octanol–water partition coefficient (Wildman–Crippen LogP) is 0.727. The van der Waals surface area contributed by atoms with Crippen LogP contribution in [0.15, 0.2) is 0 Å². The number of rotatable bonds is 6. The predicted molar refractivity (Wildman–Crippen MR) is 59.9 cm³/mol. The monoisotopic (exact) mass is 231 g/mol. The molecule has 0 saturated carbocycles. The van der Waals surface area contributed by atoms with Gasteiger partial charge in [-0.25, -0.2) is 0 Å². The third-order valence-electron chi connectivity index (χ3n) is 2.23. The van der Waals surface area contributed by atoms with Gasteiger partial charge in [0.15, 0.2) is 0 Å². The standard InChI is InChI=1S/C11H21NO4/c1-6-16-9(13)8(2)12-7-11(3,4)10(14)15-5/h8,12H,6-7H2,1-5H3. The lowest BCUT2D eigenvalue weighted by Gasteiger charge is -2.23. The fourth-order valence-corrected chi connectivity index (χ4v) is 1.11. The molecule has 5 heteroatoms. The fourth-order valence-electron chi connectivity index (χ4n) is 1.11. The maximum atomic E-state index is 11.4. The van der Waals surface area contributed by atoms with E-state index in [2.05, 4.69) is 10.1 Å². The summed E-state index contributed by atoms with van der Waals surface area (Å²) in [6.07, 6.45) is 0. The van der Waals surface area contributed by atoms with Gasteiger partial charge in [-0.15, -0.1) is 0 Å². The Kier molecular flexibility index (Phi) is 6.03. The third-order valence-corrected chi connectivity index (χ3v) is 2.23. The van der Waals surface area contributed by atoms with Gasteiger partial charge in [-0.3, -0.25) is 9.59 Å². The van der Waals surface area contributed by atoms with Crippen molar-refractivity contribution in [1.29, 1.82) is 0 Å². The first-order valence-corrected chi connectivity index (χ1v) is 5.33. The molecule has 0 heterocycles. The molecule has 0 aromatic carbocycles. The Balaban J connectivity index is 4.13. The highest BCUT2D eigenvalue weighted by atomic mass is 16.5. The van der Waals surface area contributed by atoms with Gasteiger partial charge in [-0.05, 0) is 27.7 Å². The van der Waals surface area contributed by atoms with E-state index in [1.807, 2.05) is 0 Å². The minimum atomic E-state index is -0.657. The van der Waals surface area contributed by atoms with Crippen molar-refractivity contribution >= 4 is 11.9 Å². The number of ether oxygens (including phenoxy) is 2. The molecule has 1 unspecified atom stereocenters. The molecule has 0 radical (unpaired) electrons. The number of hydrogen-bond acceptors (Lipinski definition) is 5. The Labute approximate surface area is 96.5 Å². The van der Waals surface area contributed by atoms with Crippen LogP contribution in [0.4, 0.5) is 0 Å². The maximum absolute atomic E-state index is 11.4. The summed E-state index contributed by atoms with van der Waals surface area (Å²) >= 11 is 0. The molecule has 1 N–H and O–H groups in total. The molecule has 0 aliphatic heterocycles. The lowest BCUT2D eigenvalue weighted by atomic mass is 9.93. The number of hydrogen-bond donors (Lipinski definition) is 1. The van der Waals surface area contributed by atoms with Gasteiger partial charge in [0.05, 0.1) is 19.1 Å². The summed E-state index contributed by atoms with van der Waals surface area (Å²) in [5.74, 6) is -0.626. The zero-order valence-electron chi connectivity index (χ0n) is 10.6. The molecule has 0 spiro atoms. The van der Waals surface area contributed by atoms with E-state index in [9.17, 15) is 9.59 Å². The summed E-state index contributed by atoms with van der Waals surface area (Å²) < 4.78 is 9.50. The molecule has 0 aromatic rings. The average Bonchev–Trinajstić information content (AvgIpc) is 2.25. The first kappa shape index (κ1) is 14.9. The Morgan fingerprint density at radius 2 is 1.94 bits per heavy atom. The van der Waals surface area contributed by atoms with Gasteiger partial charge in [0.25, 0.3) is 0 Å². The Bertz CT molecular complexity index is 250. The van der Waals surface area contributed by atoms with Crippen molar-refractivity contribution in [3.05, 3.63) is 0 Å². The van der Waals surface area contributed by atoms with Crippen molar-refractivity contribution in [2.45, 2.75) is 33.7 Å². The third kappa shape index (κ3) is 4.61. The van der Waals surface area contributed by atoms with E-state index in [0.717, 1.165) is 0 Å². The quantitative estimate of drug-likeness (QED) is 0.683. The van der Waals surface area contributed by atoms with E-state index in [1.54, 1.807) is 27.7 Å². The van der Waals surface area contributed by atoms with E-state index in [0.29, 0.717) is 13.2 Å². The smallest absolute Gasteiger partial charge is 0.322 e. The van der Waals surface area contributed by atoms with Crippen LogP contribution in [0.5, 0.6) is 0 Å². The number of nitrogens with one attached hydrogen (secondary N) is 1. The van der Waals surface area contributed by atoms with Crippen LogP contribution in [0.2, 0.25) is 0 Å². The van der Waals surface area contributed by atoms with Gasteiger partial charge in [-0.1, -0.05) is 0 Å². The topological polar surface area (TPSA) is 64.6 Å². The molecule has 94 valence electrons. The van der Waals surface area contributed by atoms with Gasteiger partial charge >= 0.3 is 11.9 Å². The van der Waals surface area contributed by atoms with Gasteiger partial charge in [0, 0.05) is 6.54 Å². The summed E-state index contributed by atoms with van der Waals surface area (Å²) in [6.45, 7) is 7.67. The van der Waals surface area contributed by atoms with Gasteiger partial charge < -0.3 is 14.8 Å². The number of carbonyl (C=O) groups excluding carboxylic acids is 2. The largest absolute Gasteiger partial charge is 0.469 e. The van der Waals surface area contributed by atoms with E-state index in [-0.39, 0.29) is 11.9 Å². The van der Waals surface area contributed by atoms with E-state index in [1.165, 1.54) is 7.11 Å². The molecule has 5 nitrogen and oxygen atoms in total. The zero-order chi connectivity index (χ0) is 12.8. The average molecular weight is 231 g/mol. The van der Waals surface area contributed by atoms with Crippen molar-refractivity contribution in [2.24, 2.45) is 5.41 Å². The molecular formula is C11H21NO4. The SMILES string of the molecule is CCOC(=O)C(C)NCC(C)(C)C(=O)OC. The van der Waals surface area contributed by atoms with Crippen LogP contribution in [0.3, 0.4) is 0 Å². The molecule has 1 atom stereocenters. The fraction of sp³-hybridized carbons (Fsp3) is 0.818. The number of methoxy groups -OCH3 is 1. The second-order valence-corrected chi connectivity index (χ2v) is 4.23. The summed E-state index contributed by atoms with van der Waals surface area (Å²) in [5, 5.41) is 2.95. The molecule has 0 rings (SSSR count). The number of esters is 2. The van der Waals surface area contributed by atoms with Crippen LogP contribution >= 0.6 is 0 Å². The Morgan fingerprint density at radius 3 is 2.38 bits per heavy atom. The van der Waals surface area contributed by atoms with Crippen LogP contribution < -0.4 is 5.32 Å². The number of carbonyl (C=O) groups is 2.